The summed E-state index contributed by atoms with van der Waals surface area (Å²) in [5.74, 6) is -3.18. The lowest BCUT2D eigenvalue weighted by Gasteiger charge is -2.19. The van der Waals surface area contributed by atoms with Crippen LogP contribution in [0.15, 0.2) is 34.0 Å². The zero-order valence-electron chi connectivity index (χ0n) is 14.8. The smallest absolute Gasteiger partial charge is 0.322 e. The first-order valence-electron chi connectivity index (χ1n) is 8.08. The van der Waals surface area contributed by atoms with Crippen LogP contribution in [0.5, 0.6) is 0 Å². The number of nitrogens with one attached hydrogen (secondary N) is 2. The van der Waals surface area contributed by atoms with E-state index in [-0.39, 0.29) is 28.1 Å². The summed E-state index contributed by atoms with van der Waals surface area (Å²) in [6, 6.07) is 4.10. The van der Waals surface area contributed by atoms with Crippen LogP contribution in [0.2, 0.25) is 0 Å². The maximum absolute atomic E-state index is 14.3. The number of alkyl halides is 2. The molecule has 7 nitrogen and oxygen atoms in total. The minimum absolute atomic E-state index is 0.0569. The lowest BCUT2D eigenvalue weighted by Crippen LogP contribution is -2.39. The Bertz CT molecular complexity index is 1090. The zero-order chi connectivity index (χ0) is 19.2. The summed E-state index contributed by atoms with van der Waals surface area (Å²) in [4.78, 5) is 27.0. The monoisotopic (exact) mass is 363 g/mol. The first-order chi connectivity index (χ1) is 12.1. The number of nitrogens with zero attached hydrogens (tertiary/aromatic N) is 3. The SMILES string of the molecule is CNn1c(=O)[nH]c2cc(C(C)(F)F)c(-c3ccnn3C(C)C)cc2c1=O. The summed E-state index contributed by atoms with van der Waals surface area (Å²) < 4.78 is 31.0. The van der Waals surface area contributed by atoms with Gasteiger partial charge in [0.15, 0.2) is 0 Å². The van der Waals surface area contributed by atoms with Crippen LogP contribution < -0.4 is 16.7 Å². The molecule has 0 atom stereocenters. The van der Waals surface area contributed by atoms with Gasteiger partial charge in [0.25, 0.3) is 11.5 Å². The van der Waals surface area contributed by atoms with Gasteiger partial charge in [-0.2, -0.15) is 9.77 Å². The van der Waals surface area contributed by atoms with Crippen molar-refractivity contribution in [1.29, 1.82) is 0 Å². The summed E-state index contributed by atoms with van der Waals surface area (Å²) in [7, 11) is 1.42. The summed E-state index contributed by atoms with van der Waals surface area (Å²) in [6.45, 7) is 4.54. The van der Waals surface area contributed by atoms with Gasteiger partial charge >= 0.3 is 5.69 Å². The number of rotatable bonds is 4. The topological polar surface area (TPSA) is 84.7 Å². The van der Waals surface area contributed by atoms with Crippen LogP contribution in [0.25, 0.3) is 22.2 Å². The van der Waals surface area contributed by atoms with Gasteiger partial charge in [-0.1, -0.05) is 0 Å². The highest BCUT2D eigenvalue weighted by molar-refractivity contribution is 5.85. The fraction of sp³-hybridized carbons (Fsp3) is 0.353. The highest BCUT2D eigenvalue weighted by Crippen LogP contribution is 2.37. The number of benzene rings is 1. The molecule has 0 amide bonds. The first-order valence-corrected chi connectivity index (χ1v) is 8.08. The molecule has 138 valence electrons. The van der Waals surface area contributed by atoms with Crippen LogP contribution in [0.4, 0.5) is 8.78 Å². The predicted octanol–water partition coefficient (Wildman–Crippen LogP) is 2.42. The molecule has 0 aliphatic heterocycles. The number of fused-ring (bicyclic) bond motifs is 1. The minimum Gasteiger partial charge on any atom is -0.322 e. The average Bonchev–Trinajstić information content (AvgIpc) is 3.03. The van der Waals surface area contributed by atoms with E-state index < -0.39 is 17.2 Å². The number of aromatic amines is 1. The Kier molecular flexibility index (Phi) is 4.17. The van der Waals surface area contributed by atoms with Gasteiger partial charge in [-0.05, 0) is 32.0 Å². The van der Waals surface area contributed by atoms with Crippen molar-refractivity contribution in [3.63, 3.8) is 0 Å². The molecule has 0 aliphatic rings. The van der Waals surface area contributed by atoms with Crippen molar-refractivity contribution in [1.82, 2.24) is 19.4 Å². The second kappa shape index (κ2) is 6.08. The lowest BCUT2D eigenvalue weighted by molar-refractivity contribution is 0.0181. The number of hydrogen-bond donors (Lipinski definition) is 2. The van der Waals surface area contributed by atoms with Crippen LogP contribution in [0, 0.1) is 0 Å². The molecular formula is C17H19F2N5O2. The molecule has 9 heteroatoms. The normalized spacial score (nSPS) is 12.1. The van der Waals surface area contributed by atoms with Crippen molar-refractivity contribution in [2.45, 2.75) is 32.7 Å². The Morgan fingerprint density at radius 2 is 1.96 bits per heavy atom. The summed E-state index contributed by atoms with van der Waals surface area (Å²) in [6.07, 6.45) is 1.52. The maximum Gasteiger partial charge on any atom is 0.347 e. The molecule has 0 fully saturated rings. The zero-order valence-corrected chi connectivity index (χ0v) is 14.8. The molecule has 0 spiro atoms. The molecule has 0 saturated heterocycles. The van der Waals surface area contributed by atoms with Gasteiger partial charge in [0.05, 0.1) is 16.6 Å². The fourth-order valence-electron chi connectivity index (χ4n) is 2.98. The van der Waals surface area contributed by atoms with Gasteiger partial charge in [-0.25, -0.2) is 13.6 Å². The Labute approximate surface area is 147 Å². The summed E-state index contributed by atoms with van der Waals surface area (Å²) in [5, 5.41) is 4.31. The van der Waals surface area contributed by atoms with Gasteiger partial charge in [-0.15, -0.1) is 0 Å². The Morgan fingerprint density at radius 3 is 2.54 bits per heavy atom. The standard InChI is InChI=1S/C17H19F2N5O2/c1-9(2)23-14(5-6-21-23)10-7-11-13(8-12(10)17(3,18)19)22-16(26)24(20-4)15(11)25/h5-9,20H,1-4H3,(H,22,26). The van der Waals surface area contributed by atoms with Gasteiger partial charge in [0.2, 0.25) is 0 Å². The summed E-state index contributed by atoms with van der Waals surface area (Å²) in [5.41, 5.74) is 1.58. The molecule has 26 heavy (non-hydrogen) atoms. The molecule has 3 rings (SSSR count). The molecule has 2 N–H and O–H groups in total. The van der Waals surface area contributed by atoms with Crippen molar-refractivity contribution in [2.75, 3.05) is 12.5 Å². The molecule has 0 saturated carbocycles. The quantitative estimate of drug-likeness (QED) is 0.746. The van der Waals surface area contributed by atoms with Crippen molar-refractivity contribution < 1.29 is 8.78 Å². The van der Waals surface area contributed by atoms with E-state index in [0.29, 0.717) is 5.69 Å². The largest absolute Gasteiger partial charge is 0.347 e. The Hall–Kier alpha value is -2.97. The fourth-order valence-corrected chi connectivity index (χ4v) is 2.98. The minimum atomic E-state index is -3.18. The van der Waals surface area contributed by atoms with Crippen molar-refractivity contribution in [2.24, 2.45) is 0 Å². The average molecular weight is 363 g/mol. The second-order valence-electron chi connectivity index (χ2n) is 6.38. The number of halogens is 2. The molecule has 3 aromatic rings. The third-order valence-corrected chi connectivity index (χ3v) is 4.17. The Morgan fingerprint density at radius 1 is 1.27 bits per heavy atom. The van der Waals surface area contributed by atoms with E-state index in [2.05, 4.69) is 15.5 Å². The molecular weight excluding hydrogens is 344 g/mol. The highest BCUT2D eigenvalue weighted by Gasteiger charge is 2.30. The van der Waals surface area contributed by atoms with Crippen LogP contribution in [-0.4, -0.2) is 26.5 Å². The molecule has 0 radical (unpaired) electrons. The molecule has 2 aromatic heterocycles. The van der Waals surface area contributed by atoms with E-state index in [9.17, 15) is 18.4 Å². The number of hydrogen-bond acceptors (Lipinski definition) is 4. The number of H-pyrrole nitrogens is 1. The molecule has 0 unspecified atom stereocenters. The van der Waals surface area contributed by atoms with E-state index in [1.165, 1.54) is 19.3 Å². The molecule has 0 bridgehead atoms. The number of aromatic nitrogens is 4. The molecule has 2 heterocycles. The highest BCUT2D eigenvalue weighted by atomic mass is 19.3. The predicted molar refractivity (Wildman–Crippen MR) is 95.3 cm³/mol. The molecule has 0 aliphatic carbocycles. The van der Waals surface area contributed by atoms with Crippen LogP contribution in [-0.2, 0) is 5.92 Å². The third kappa shape index (κ3) is 2.79. The maximum atomic E-state index is 14.3. The summed E-state index contributed by atoms with van der Waals surface area (Å²) >= 11 is 0. The van der Waals surface area contributed by atoms with Gasteiger partial charge in [-0.3, -0.25) is 9.48 Å². The van der Waals surface area contributed by atoms with Gasteiger partial charge < -0.3 is 10.4 Å². The first kappa shape index (κ1) is 17.8. The van der Waals surface area contributed by atoms with E-state index >= 15 is 0 Å². The van der Waals surface area contributed by atoms with Gasteiger partial charge in [0, 0.05) is 37.3 Å². The molecule has 1 aromatic carbocycles. The van der Waals surface area contributed by atoms with E-state index in [1.54, 1.807) is 10.7 Å². The van der Waals surface area contributed by atoms with Crippen LogP contribution in [0.1, 0.15) is 32.4 Å². The van der Waals surface area contributed by atoms with E-state index in [4.69, 9.17) is 0 Å². The van der Waals surface area contributed by atoms with Crippen molar-refractivity contribution in [3.8, 4) is 11.3 Å². The van der Waals surface area contributed by atoms with Crippen LogP contribution >= 0.6 is 0 Å². The second-order valence-corrected chi connectivity index (χ2v) is 6.38. The van der Waals surface area contributed by atoms with Crippen LogP contribution in [0.3, 0.4) is 0 Å². The van der Waals surface area contributed by atoms with Crippen molar-refractivity contribution in [3.05, 3.63) is 50.8 Å². The lowest BCUT2D eigenvalue weighted by atomic mass is 9.97. The third-order valence-electron chi connectivity index (χ3n) is 4.17. The van der Waals surface area contributed by atoms with Gasteiger partial charge in [0.1, 0.15) is 0 Å². The van der Waals surface area contributed by atoms with E-state index in [1.807, 2.05) is 13.8 Å². The Balaban J connectivity index is 2.45. The van der Waals surface area contributed by atoms with E-state index in [0.717, 1.165) is 17.7 Å². The van der Waals surface area contributed by atoms with Crippen molar-refractivity contribution >= 4 is 10.9 Å².